The Kier molecular flexibility index (Phi) is 28.4. The lowest BCUT2D eigenvalue weighted by molar-refractivity contribution is -0.284. The van der Waals surface area contributed by atoms with Crippen LogP contribution in [0.15, 0.2) is 67.7 Å². The maximum Gasteiger partial charge on any atom is 0.490 e. The molecule has 0 bridgehead atoms. The predicted octanol–water partition coefficient (Wildman–Crippen LogP) is 3.77. The fourth-order valence-corrected chi connectivity index (χ4v) is 16.0. The number of aliphatic hydroxyl groups excluding tert-OH is 1. The van der Waals surface area contributed by atoms with Crippen molar-refractivity contribution in [3.05, 3.63) is 81.2 Å². The fraction of sp³-hybridized carbons (Fsp3) is 0.481. The van der Waals surface area contributed by atoms with Crippen molar-refractivity contribution < 1.29 is 130 Å². The molecule has 6 atom stereocenters. The standard InChI is InChI=1S/C54H72N9O29P3S4/c1-54(2,97-96-30-85-21-5-3-4-17-59-51(67)60-18-6-7-32-28-63(52(68)62-47(32)57)49-44(88-33-9-10-33)40(89-49)29-87-94(73,74)92-95(75,76)91-93(70,71)72)16-22-86-53(69)61-20-24-84-26-25-83-23-19-58-48(64)31-8-11-34(50(65)66)37(27-31)41-35-12-14-38(55)45(98(77,78)79)42(35)90-43-36(41)13-15-39(56)46(43)99(80,81)82/h8,11-15,27-28,33,40,44,48-49,55,58,64H,3-5,9-10,16-26,29-30,56H2,1-2H3,(H,61,69)(H,65,66)(H,73,74)(H,75,76)(H2,57,62,68)(H2,59,60,67)(H2,70,71,72)(H,77,78,79)(H,80,81,82)/t40-,44-,48?,49?/m1/s1. The Morgan fingerprint density at radius 2 is 1.56 bits per heavy atom. The summed E-state index contributed by atoms with van der Waals surface area (Å²) >= 11 is 0. The van der Waals surface area contributed by atoms with Gasteiger partial charge in [-0.1, -0.05) is 39.5 Å². The summed E-state index contributed by atoms with van der Waals surface area (Å²) in [5.41, 5.74) is 8.92. The highest BCUT2D eigenvalue weighted by Crippen LogP contribution is 2.66. The van der Waals surface area contributed by atoms with Crippen molar-refractivity contribution in [1.29, 1.82) is 5.41 Å². The highest BCUT2D eigenvalue weighted by Gasteiger charge is 2.50. The number of rotatable bonds is 39. The van der Waals surface area contributed by atoms with Gasteiger partial charge in [-0.15, -0.1) is 0 Å². The van der Waals surface area contributed by atoms with Crippen molar-refractivity contribution >= 4 is 106 Å². The Labute approximate surface area is 572 Å². The quantitative estimate of drug-likeness (QED) is 0.00389. The minimum absolute atomic E-state index is 0.0644. The van der Waals surface area contributed by atoms with E-state index >= 15 is 0 Å². The molecule has 99 heavy (non-hydrogen) atoms. The largest absolute Gasteiger partial charge is 0.490 e. The first-order valence-corrected chi connectivity index (χ1v) is 39.2. The Morgan fingerprint density at radius 1 is 0.848 bits per heavy atom. The van der Waals surface area contributed by atoms with Gasteiger partial charge in [0.25, 0.3) is 20.2 Å². The number of amides is 3. The second-order valence-electron chi connectivity index (χ2n) is 22.1. The first kappa shape index (κ1) is 80.1. The van der Waals surface area contributed by atoms with E-state index in [0.717, 1.165) is 35.6 Å². The molecule has 0 spiro atoms. The number of alkyl carbamates (subject to hydrolysis) is 1. The van der Waals surface area contributed by atoms with Crippen LogP contribution in [0.3, 0.4) is 0 Å². The number of aromatic carboxylic acids is 1. The third-order valence-electron chi connectivity index (χ3n) is 13.9. The molecule has 1 saturated heterocycles. The van der Waals surface area contributed by atoms with Gasteiger partial charge in [0.1, 0.15) is 30.2 Å². The summed E-state index contributed by atoms with van der Waals surface area (Å²) < 4.78 is 158. The molecular weight excluding hydrogens is 1460 g/mol. The Balaban J connectivity index is 0.709. The van der Waals surface area contributed by atoms with Crippen molar-refractivity contribution in [3.8, 4) is 34.3 Å². The molecule has 3 amide bonds. The smallest absolute Gasteiger partial charge is 0.478 e. The number of hydrogen-bond donors (Lipinski definition) is 15. The summed E-state index contributed by atoms with van der Waals surface area (Å²) in [5, 5.41) is 39.4. The number of anilines is 2. The van der Waals surface area contributed by atoms with Gasteiger partial charge in [0.15, 0.2) is 27.4 Å². The molecule has 45 heteroatoms. The predicted molar refractivity (Wildman–Crippen MR) is 350 cm³/mol. The third-order valence-corrected chi connectivity index (χ3v) is 22.6. The molecule has 2 aliphatic carbocycles. The monoisotopic (exact) mass is 1530 g/mol. The number of carbonyl (C=O) groups excluding carboxylic acids is 2. The fourth-order valence-electron chi connectivity index (χ4n) is 9.25. The van der Waals surface area contributed by atoms with Crippen LogP contribution in [-0.2, 0) is 75.5 Å². The number of aliphatic hydroxyl groups is 1. The van der Waals surface area contributed by atoms with Gasteiger partial charge in [0.05, 0.1) is 74.5 Å². The van der Waals surface area contributed by atoms with Crippen molar-refractivity contribution in [2.75, 3.05) is 89.8 Å². The topological polar surface area (TPSA) is 588 Å². The number of urea groups is 1. The van der Waals surface area contributed by atoms with Crippen molar-refractivity contribution in [2.45, 2.75) is 97.7 Å². The molecule has 2 aliphatic heterocycles. The minimum Gasteiger partial charge on any atom is -0.478 e. The van der Waals surface area contributed by atoms with Gasteiger partial charge in [0.2, 0.25) is 0 Å². The number of nitrogens with two attached hydrogens (primary N) is 2. The molecule has 0 radical (unpaired) electrons. The van der Waals surface area contributed by atoms with E-state index in [1.54, 1.807) is 10.8 Å². The summed E-state index contributed by atoms with van der Waals surface area (Å²) in [5.74, 6) is 3.37. The number of carbonyl (C=O) groups is 3. The van der Waals surface area contributed by atoms with Gasteiger partial charge in [-0.2, -0.15) is 30.4 Å². The second kappa shape index (κ2) is 35.1. The molecule has 17 N–H and O–H groups in total. The average molecular weight is 1530 g/mol. The van der Waals surface area contributed by atoms with Gasteiger partial charge in [0, 0.05) is 53.7 Å². The number of nitrogen functional groups attached to an aromatic ring is 2. The molecule has 38 nitrogen and oxygen atoms in total. The van der Waals surface area contributed by atoms with E-state index in [-0.39, 0.29) is 103 Å². The molecule has 4 unspecified atom stereocenters. The maximum atomic E-state index is 12.8. The Morgan fingerprint density at radius 3 is 2.23 bits per heavy atom. The van der Waals surface area contributed by atoms with Crippen LogP contribution in [0, 0.1) is 17.3 Å². The van der Waals surface area contributed by atoms with Gasteiger partial charge in [-0.05, 0) is 99.9 Å². The Hall–Kier alpha value is -6.17. The molecule has 546 valence electrons. The van der Waals surface area contributed by atoms with Crippen LogP contribution in [0.1, 0.15) is 86.3 Å². The van der Waals surface area contributed by atoms with E-state index in [9.17, 15) is 78.8 Å². The molecule has 3 heterocycles. The zero-order chi connectivity index (χ0) is 72.7. The van der Waals surface area contributed by atoms with Crippen LogP contribution in [0.25, 0.3) is 33.4 Å². The zero-order valence-electron chi connectivity index (χ0n) is 52.4. The van der Waals surface area contributed by atoms with Crippen LogP contribution < -0.4 is 43.8 Å². The van der Waals surface area contributed by atoms with Gasteiger partial charge in [-0.25, -0.2) is 32.9 Å². The molecule has 7 rings (SSSR count). The van der Waals surface area contributed by atoms with E-state index in [0.29, 0.717) is 44.8 Å². The molecule has 4 aliphatic rings. The Bertz CT molecular complexity index is 4280. The van der Waals surface area contributed by atoms with Gasteiger partial charge in [-0.3, -0.25) is 28.9 Å². The number of phosphoric acid groups is 3. The normalized spacial score (nSPS) is 17.4. The number of hydrogen-bond acceptors (Lipinski definition) is 29. The van der Waals surface area contributed by atoms with Crippen molar-refractivity contribution in [1.82, 2.24) is 30.8 Å². The minimum atomic E-state index is -5.76. The summed E-state index contributed by atoms with van der Waals surface area (Å²) in [7, 11) is -24.2. The van der Waals surface area contributed by atoms with E-state index in [1.165, 1.54) is 41.3 Å². The number of unbranched alkanes of at least 4 members (excludes halogenated alkanes) is 2. The van der Waals surface area contributed by atoms with Crippen LogP contribution in [0.2, 0.25) is 0 Å². The number of nitrogens with zero attached hydrogens (tertiary/aromatic N) is 2. The van der Waals surface area contributed by atoms with Crippen LogP contribution in [-0.4, -0.2) is 185 Å². The second-order valence-corrected chi connectivity index (χ2v) is 32.1. The lowest BCUT2D eigenvalue weighted by atomic mass is 9.89. The number of benzene rings is 3. The molecule has 1 saturated carbocycles. The van der Waals surface area contributed by atoms with Gasteiger partial charge < -0.3 is 90.0 Å². The maximum absolute atomic E-state index is 12.8. The summed E-state index contributed by atoms with van der Waals surface area (Å²) in [6.07, 6.45) is -0.364. The number of ether oxygens (including phenoxy) is 6. The zero-order valence-corrected chi connectivity index (χ0v) is 58.4. The van der Waals surface area contributed by atoms with Crippen LogP contribution in [0.5, 0.6) is 0 Å². The molecule has 1 aromatic heterocycles. The summed E-state index contributed by atoms with van der Waals surface area (Å²) in [6.45, 7) is 4.79. The summed E-state index contributed by atoms with van der Waals surface area (Å²) in [4.78, 5) is 88.6. The molecule has 2 aromatic carbocycles. The van der Waals surface area contributed by atoms with Crippen molar-refractivity contribution in [2.24, 2.45) is 0 Å². The van der Waals surface area contributed by atoms with E-state index < -0.39 is 137 Å². The molecule has 2 fully saturated rings. The van der Waals surface area contributed by atoms with E-state index in [4.69, 9.17) is 59.5 Å². The average Bonchev–Trinajstić information content (AvgIpc) is 1.52. The van der Waals surface area contributed by atoms with Crippen LogP contribution in [0.4, 0.5) is 21.1 Å². The van der Waals surface area contributed by atoms with E-state index in [2.05, 4.69) is 51.2 Å². The number of nitrogens with one attached hydrogen (secondary N) is 5. The number of carboxylic acids is 1. The molecule has 3 aromatic rings. The highest BCUT2D eigenvalue weighted by atomic mass is 33.1. The third kappa shape index (κ3) is 24.2. The van der Waals surface area contributed by atoms with Gasteiger partial charge >= 0.3 is 47.3 Å². The lowest BCUT2D eigenvalue weighted by Crippen LogP contribution is -2.56. The first-order valence-electron chi connectivity index (χ1n) is 29.5. The number of carboxylic acid groups (broad SMARTS) is 1. The SMILES string of the molecule is CC(C)(CCOC(=O)NCCOCCOCCNC(O)c1ccc(C(=O)O)c(-c2c3ccc(=N)c(S(=O)(=O)O)c-3oc3c(S(=O)(=O)O)c(N)ccc23)c1)SSCOCCCCCNC(=O)NCC#Cc1cn(C2O[C@H](COP(=O)(O)OP(=O)(O)OP(=O)(O)O)[C@H]2OC2CC2)c(=O)nc1N. The van der Waals surface area contributed by atoms with Crippen molar-refractivity contribution in [3.63, 3.8) is 0 Å². The van der Waals surface area contributed by atoms with E-state index in [1.807, 2.05) is 13.8 Å². The first-order chi connectivity index (χ1) is 46.4. The number of aromatic nitrogens is 2. The van der Waals surface area contributed by atoms with Crippen LogP contribution >= 0.6 is 45.1 Å². The lowest BCUT2D eigenvalue weighted by Gasteiger charge is -2.44. The number of phosphoric ester groups is 1. The molecular formula is C54H72N9O29P3S4. The number of fused-ring (bicyclic) bond motifs is 2. The summed E-state index contributed by atoms with van der Waals surface area (Å²) in [6, 6.07) is 7.69. The highest BCUT2D eigenvalue weighted by molar-refractivity contribution is 8.77.